The van der Waals surface area contributed by atoms with Crippen LogP contribution in [0.4, 0.5) is 22.0 Å². The Morgan fingerprint density at radius 2 is 1.33 bits per heavy atom. The van der Waals surface area contributed by atoms with Gasteiger partial charge in [0.1, 0.15) is 11.6 Å². The molecule has 0 atom stereocenters. The third-order valence-electron chi connectivity index (χ3n) is 4.50. The maximum absolute atomic E-state index is 14.6. The van der Waals surface area contributed by atoms with E-state index in [1.807, 2.05) is 0 Å². The number of hydrogen-bond acceptors (Lipinski definition) is 1. The van der Waals surface area contributed by atoms with Crippen LogP contribution in [-0.2, 0) is 6.18 Å². The second kappa shape index (κ2) is 7.60. The van der Waals surface area contributed by atoms with Gasteiger partial charge in [-0.05, 0) is 24.3 Å². The second-order valence-electron chi connectivity index (χ2n) is 6.44. The molecule has 1 nitrogen and oxygen atoms in total. The number of halogens is 5. The van der Waals surface area contributed by atoms with Crippen molar-refractivity contribution in [2.24, 2.45) is 0 Å². The third kappa shape index (κ3) is 3.62. The molecule has 0 radical (unpaired) electrons. The quantitative estimate of drug-likeness (QED) is 0.255. The summed E-state index contributed by atoms with van der Waals surface area (Å²) in [5.74, 6) is 3.51. The topological polar surface area (TPSA) is 12.9 Å². The lowest BCUT2D eigenvalue weighted by Crippen LogP contribution is -2.12. The first-order valence-electron chi connectivity index (χ1n) is 8.87. The number of benzene rings is 3. The van der Waals surface area contributed by atoms with Crippen LogP contribution >= 0.6 is 0 Å². The second-order valence-corrected chi connectivity index (χ2v) is 6.44. The first-order valence-corrected chi connectivity index (χ1v) is 8.87. The molecular weight excluding hydrogens is 397 g/mol. The van der Waals surface area contributed by atoms with Crippen LogP contribution in [0.3, 0.4) is 0 Å². The van der Waals surface area contributed by atoms with Crippen molar-refractivity contribution in [3.63, 3.8) is 0 Å². The highest BCUT2D eigenvalue weighted by Crippen LogP contribution is 2.40. The van der Waals surface area contributed by atoms with Crippen molar-refractivity contribution in [2.75, 3.05) is 0 Å². The average molecular weight is 409 g/mol. The van der Waals surface area contributed by atoms with Gasteiger partial charge in [0, 0.05) is 16.5 Å². The van der Waals surface area contributed by atoms with Crippen molar-refractivity contribution in [3.8, 4) is 23.0 Å². The first kappa shape index (κ1) is 19.6. The Bertz CT molecular complexity index is 1310. The molecule has 0 fully saturated rings. The van der Waals surface area contributed by atoms with Crippen LogP contribution in [0.1, 0.15) is 16.8 Å². The van der Waals surface area contributed by atoms with E-state index in [1.165, 1.54) is 42.5 Å². The zero-order chi connectivity index (χ0) is 21.3. The van der Waals surface area contributed by atoms with Gasteiger partial charge in [-0.1, -0.05) is 60.4 Å². The summed E-state index contributed by atoms with van der Waals surface area (Å²) in [4.78, 5) is 3.75. The fraction of sp³-hybridized carbons (Fsp3) is 0.0417. The van der Waals surface area contributed by atoms with Crippen LogP contribution in [-0.4, -0.2) is 4.98 Å². The largest absolute Gasteiger partial charge is 0.434 e. The van der Waals surface area contributed by atoms with E-state index in [4.69, 9.17) is 0 Å². The van der Waals surface area contributed by atoms with E-state index in [0.29, 0.717) is 5.39 Å². The SMILES string of the molecule is Fc1ccccc1C#Cc1c(C(F)(F)F)nc2ccccc2c1-c1ccccc1F. The highest BCUT2D eigenvalue weighted by atomic mass is 19.4. The summed E-state index contributed by atoms with van der Waals surface area (Å²) in [5, 5.41) is 0.313. The summed E-state index contributed by atoms with van der Waals surface area (Å²) in [5.41, 5.74) is -1.84. The van der Waals surface area contributed by atoms with Gasteiger partial charge in [0.15, 0.2) is 5.69 Å². The Hall–Kier alpha value is -3.72. The van der Waals surface area contributed by atoms with Gasteiger partial charge in [0.05, 0.1) is 16.6 Å². The molecule has 4 rings (SSSR count). The predicted molar refractivity (Wildman–Crippen MR) is 105 cm³/mol. The van der Waals surface area contributed by atoms with Crippen LogP contribution in [0.15, 0.2) is 72.8 Å². The van der Waals surface area contributed by atoms with Gasteiger partial charge in [-0.15, -0.1) is 0 Å². The lowest BCUT2D eigenvalue weighted by molar-refractivity contribution is -0.141. The van der Waals surface area contributed by atoms with E-state index in [1.54, 1.807) is 18.2 Å². The van der Waals surface area contributed by atoms with E-state index in [-0.39, 0.29) is 22.2 Å². The minimum atomic E-state index is -4.84. The molecule has 0 saturated carbocycles. The van der Waals surface area contributed by atoms with Crippen LogP contribution in [0.25, 0.3) is 22.0 Å². The molecule has 4 aromatic rings. The normalized spacial score (nSPS) is 11.2. The number of pyridine rings is 1. The highest BCUT2D eigenvalue weighted by Gasteiger charge is 2.37. The van der Waals surface area contributed by atoms with Gasteiger partial charge in [-0.25, -0.2) is 13.8 Å². The Balaban J connectivity index is 2.13. The zero-order valence-electron chi connectivity index (χ0n) is 15.3. The molecule has 0 unspecified atom stereocenters. The summed E-state index contributed by atoms with van der Waals surface area (Å²) < 4.78 is 70.2. The van der Waals surface area contributed by atoms with Crippen LogP contribution in [0, 0.1) is 23.5 Å². The molecule has 1 aromatic heterocycles. The molecule has 0 aliphatic heterocycles. The highest BCUT2D eigenvalue weighted by molar-refractivity contribution is 5.98. The number of hydrogen-bond donors (Lipinski definition) is 0. The predicted octanol–water partition coefficient (Wildman–Crippen LogP) is 6.60. The van der Waals surface area contributed by atoms with E-state index < -0.39 is 29.1 Å². The zero-order valence-corrected chi connectivity index (χ0v) is 15.3. The Kier molecular flexibility index (Phi) is 4.96. The average Bonchev–Trinajstić information content (AvgIpc) is 2.72. The number of fused-ring (bicyclic) bond motifs is 1. The minimum absolute atomic E-state index is 0.0325. The molecule has 0 N–H and O–H groups in total. The third-order valence-corrected chi connectivity index (χ3v) is 4.50. The summed E-state index contributed by atoms with van der Waals surface area (Å²) in [6.45, 7) is 0. The molecule has 0 aliphatic rings. The molecule has 6 heteroatoms. The molecular formula is C24H12F5N. The maximum Gasteiger partial charge on any atom is 0.434 e. The maximum atomic E-state index is 14.6. The van der Waals surface area contributed by atoms with Crippen LogP contribution < -0.4 is 0 Å². The first-order chi connectivity index (χ1) is 14.4. The standard InChI is InChI=1S/C24H12F5N/c25-19-10-4-1-7-15(19)13-14-18-22(16-8-2-5-11-20(16)26)17-9-3-6-12-21(17)30-23(18)24(27,28)29/h1-12H. The molecule has 30 heavy (non-hydrogen) atoms. The molecule has 0 spiro atoms. The van der Waals surface area contributed by atoms with E-state index in [9.17, 15) is 22.0 Å². The Labute approximate surface area is 168 Å². The van der Waals surface area contributed by atoms with Gasteiger partial charge in [0.2, 0.25) is 0 Å². The van der Waals surface area contributed by atoms with Gasteiger partial charge >= 0.3 is 6.18 Å². The molecule has 1 heterocycles. The van der Waals surface area contributed by atoms with Gasteiger partial charge in [0.25, 0.3) is 0 Å². The molecule has 0 amide bonds. The van der Waals surface area contributed by atoms with Gasteiger partial charge in [-0.2, -0.15) is 13.2 Å². The fourth-order valence-corrected chi connectivity index (χ4v) is 3.17. The summed E-state index contributed by atoms with van der Waals surface area (Å²) in [6.07, 6.45) is -4.84. The molecule has 0 bridgehead atoms. The Morgan fingerprint density at radius 1 is 0.700 bits per heavy atom. The molecule has 3 aromatic carbocycles. The fourth-order valence-electron chi connectivity index (χ4n) is 3.17. The van der Waals surface area contributed by atoms with E-state index in [0.717, 1.165) is 12.1 Å². The van der Waals surface area contributed by atoms with Crippen LogP contribution in [0.2, 0.25) is 0 Å². The number of rotatable bonds is 1. The number of alkyl halides is 3. The van der Waals surface area contributed by atoms with Crippen molar-refractivity contribution in [1.29, 1.82) is 0 Å². The summed E-state index contributed by atoms with van der Waals surface area (Å²) in [6, 6.07) is 17.1. The van der Waals surface area contributed by atoms with Crippen molar-refractivity contribution in [2.45, 2.75) is 6.18 Å². The Morgan fingerprint density at radius 3 is 2.03 bits per heavy atom. The van der Waals surface area contributed by atoms with Crippen molar-refractivity contribution in [3.05, 3.63) is 101 Å². The van der Waals surface area contributed by atoms with E-state index in [2.05, 4.69) is 16.8 Å². The minimum Gasteiger partial charge on any atom is -0.242 e. The van der Waals surface area contributed by atoms with Gasteiger partial charge in [-0.3, -0.25) is 0 Å². The molecule has 0 aliphatic carbocycles. The number of para-hydroxylation sites is 1. The number of nitrogens with zero attached hydrogens (tertiary/aromatic N) is 1. The summed E-state index contributed by atoms with van der Waals surface area (Å²) in [7, 11) is 0. The number of aromatic nitrogens is 1. The van der Waals surface area contributed by atoms with Crippen LogP contribution in [0.5, 0.6) is 0 Å². The lowest BCUT2D eigenvalue weighted by atomic mass is 9.93. The van der Waals surface area contributed by atoms with Crippen molar-refractivity contribution >= 4 is 10.9 Å². The summed E-state index contributed by atoms with van der Waals surface area (Å²) >= 11 is 0. The van der Waals surface area contributed by atoms with E-state index >= 15 is 0 Å². The van der Waals surface area contributed by atoms with Crippen molar-refractivity contribution in [1.82, 2.24) is 4.98 Å². The van der Waals surface area contributed by atoms with Gasteiger partial charge < -0.3 is 0 Å². The smallest absolute Gasteiger partial charge is 0.242 e. The lowest BCUT2D eigenvalue weighted by Gasteiger charge is -2.16. The molecule has 0 saturated heterocycles. The molecule has 148 valence electrons. The van der Waals surface area contributed by atoms with Crippen molar-refractivity contribution < 1.29 is 22.0 Å². The monoisotopic (exact) mass is 409 g/mol.